The molecule has 0 amide bonds. The summed E-state index contributed by atoms with van der Waals surface area (Å²) in [6, 6.07) is 0. The van der Waals surface area contributed by atoms with Gasteiger partial charge in [-0.3, -0.25) is 18.6 Å². The molecule has 0 fully saturated rings. The van der Waals surface area contributed by atoms with Crippen LogP contribution in [0.1, 0.15) is 265 Å². The van der Waals surface area contributed by atoms with Gasteiger partial charge < -0.3 is 14.4 Å². The molecule has 0 spiro atoms. The normalized spacial score (nSPS) is 13.1. The molecule has 0 saturated carbocycles. The molecule has 0 aromatic carbocycles. The lowest BCUT2D eigenvalue weighted by atomic mass is 10.0. The summed E-state index contributed by atoms with van der Waals surface area (Å²) in [5.41, 5.74) is 0. The molecule has 0 aliphatic rings. The minimum absolute atomic E-state index is 0.00583. The van der Waals surface area contributed by atoms with Gasteiger partial charge >= 0.3 is 19.8 Å². The van der Waals surface area contributed by atoms with Crippen LogP contribution in [0.15, 0.2) is 0 Å². The van der Waals surface area contributed by atoms with Gasteiger partial charge in [0.2, 0.25) is 0 Å². The predicted molar refractivity (Wildman–Crippen MR) is 235 cm³/mol. The number of hydrogen-bond donors (Lipinski definition) is 1. The highest BCUT2D eigenvalue weighted by Crippen LogP contribution is 2.43. The molecule has 0 bridgehead atoms. The number of hydrogen-bond acceptors (Lipinski definition) is 7. The minimum Gasteiger partial charge on any atom is -0.462 e. The summed E-state index contributed by atoms with van der Waals surface area (Å²) in [4.78, 5) is 34.8. The van der Waals surface area contributed by atoms with Crippen LogP contribution in [-0.4, -0.2) is 42.8 Å². The number of rotatable bonds is 46. The van der Waals surface area contributed by atoms with Crippen LogP contribution in [0.2, 0.25) is 0 Å². The van der Waals surface area contributed by atoms with Crippen molar-refractivity contribution >= 4 is 19.8 Å². The highest BCUT2D eigenvalue weighted by atomic mass is 31.2. The summed E-state index contributed by atoms with van der Waals surface area (Å²) in [6.07, 6.45) is 46.0. The Morgan fingerprint density at radius 2 is 0.696 bits per heavy atom. The van der Waals surface area contributed by atoms with Crippen molar-refractivity contribution in [2.75, 3.05) is 19.8 Å². The van der Waals surface area contributed by atoms with Crippen LogP contribution in [0.4, 0.5) is 0 Å². The third-order valence-electron chi connectivity index (χ3n) is 10.9. The number of carbonyl (C=O) groups is 2. The fraction of sp³-hybridized carbons (Fsp3) is 0.957. The molecule has 0 radical (unpaired) electrons. The van der Waals surface area contributed by atoms with Crippen molar-refractivity contribution in [3.8, 4) is 0 Å². The SMILES string of the molecule is CCCCCCCCCCCCCCCCCCCCCCCCCC(=O)OC(COC(=O)CCCCCCCCCCCCCCC)COP(=O)(O)OCC. The second kappa shape index (κ2) is 43.6. The third-order valence-corrected chi connectivity index (χ3v) is 12.0. The van der Waals surface area contributed by atoms with Gasteiger partial charge in [-0.25, -0.2) is 4.57 Å². The Hall–Kier alpha value is -0.950. The zero-order valence-corrected chi connectivity index (χ0v) is 38.2. The van der Waals surface area contributed by atoms with Gasteiger partial charge in [0.05, 0.1) is 13.2 Å². The number of carbonyl (C=O) groups excluding carboxylic acids is 2. The first-order valence-corrected chi connectivity index (χ1v) is 25.8. The molecule has 2 atom stereocenters. The average molecular weight is 817 g/mol. The molecule has 0 saturated heterocycles. The van der Waals surface area contributed by atoms with E-state index >= 15 is 0 Å². The molecule has 334 valence electrons. The van der Waals surface area contributed by atoms with E-state index in [0.717, 1.165) is 38.5 Å². The zero-order valence-electron chi connectivity index (χ0n) is 37.3. The smallest absolute Gasteiger partial charge is 0.462 e. The molecule has 1 N–H and O–H groups in total. The molecule has 8 nitrogen and oxygen atoms in total. The van der Waals surface area contributed by atoms with E-state index in [0.29, 0.717) is 6.42 Å². The molecule has 9 heteroatoms. The summed E-state index contributed by atoms with van der Waals surface area (Å²) in [6.45, 7) is 5.53. The number of unbranched alkanes of at least 4 members (excludes halogenated alkanes) is 34. The first kappa shape index (κ1) is 55.0. The van der Waals surface area contributed by atoms with E-state index in [2.05, 4.69) is 13.8 Å². The van der Waals surface area contributed by atoms with Crippen LogP contribution in [0.25, 0.3) is 0 Å². The predicted octanol–water partition coefficient (Wildman–Crippen LogP) is 15.5. The van der Waals surface area contributed by atoms with Crippen molar-refractivity contribution in [1.29, 1.82) is 0 Å². The van der Waals surface area contributed by atoms with Crippen molar-refractivity contribution in [2.24, 2.45) is 0 Å². The number of esters is 2. The van der Waals surface area contributed by atoms with Crippen LogP contribution in [0.3, 0.4) is 0 Å². The highest BCUT2D eigenvalue weighted by molar-refractivity contribution is 7.47. The lowest BCUT2D eigenvalue weighted by molar-refractivity contribution is -0.161. The van der Waals surface area contributed by atoms with Gasteiger partial charge in [0.15, 0.2) is 6.10 Å². The van der Waals surface area contributed by atoms with Gasteiger partial charge in [-0.1, -0.05) is 232 Å². The van der Waals surface area contributed by atoms with E-state index in [9.17, 15) is 19.0 Å². The summed E-state index contributed by atoms with van der Waals surface area (Å²) < 4.78 is 32.7. The second-order valence-corrected chi connectivity index (χ2v) is 18.0. The maximum Gasteiger partial charge on any atom is 0.472 e. The van der Waals surface area contributed by atoms with Crippen LogP contribution >= 0.6 is 7.82 Å². The highest BCUT2D eigenvalue weighted by Gasteiger charge is 2.25. The summed E-state index contributed by atoms with van der Waals surface area (Å²) in [7, 11) is -4.27. The average Bonchev–Trinajstić information content (AvgIpc) is 3.18. The quantitative estimate of drug-likeness (QED) is 0.0368. The second-order valence-electron chi connectivity index (χ2n) is 16.5. The molecule has 56 heavy (non-hydrogen) atoms. The minimum atomic E-state index is -4.27. The lowest BCUT2D eigenvalue weighted by Gasteiger charge is -2.19. The van der Waals surface area contributed by atoms with E-state index in [1.54, 1.807) is 6.92 Å². The molecule has 0 aliphatic carbocycles. The number of phosphoric acid groups is 1. The van der Waals surface area contributed by atoms with E-state index in [1.165, 1.54) is 193 Å². The summed E-state index contributed by atoms with van der Waals surface area (Å²) >= 11 is 0. The first-order valence-electron chi connectivity index (χ1n) is 24.3. The van der Waals surface area contributed by atoms with Crippen LogP contribution in [-0.2, 0) is 32.7 Å². The number of phosphoric ester groups is 1. The van der Waals surface area contributed by atoms with Crippen LogP contribution in [0, 0.1) is 0 Å². The molecular weight excluding hydrogens is 723 g/mol. The van der Waals surface area contributed by atoms with Crippen molar-refractivity contribution in [2.45, 2.75) is 271 Å². The summed E-state index contributed by atoms with van der Waals surface area (Å²) in [5.74, 6) is -0.778. The Morgan fingerprint density at radius 3 is 1.00 bits per heavy atom. The summed E-state index contributed by atoms with van der Waals surface area (Å²) in [5, 5.41) is 0. The Labute approximate surface area is 347 Å². The van der Waals surface area contributed by atoms with Crippen molar-refractivity contribution in [1.82, 2.24) is 0 Å². The Bertz CT molecular complexity index is 884. The molecular formula is C47H93O8P. The molecule has 0 rings (SSSR count). The lowest BCUT2D eigenvalue weighted by Crippen LogP contribution is -2.29. The zero-order chi connectivity index (χ0) is 41.1. The van der Waals surface area contributed by atoms with E-state index in [-0.39, 0.29) is 32.2 Å². The molecule has 2 unspecified atom stereocenters. The maximum atomic E-state index is 12.6. The first-order chi connectivity index (χ1) is 27.3. The van der Waals surface area contributed by atoms with Crippen LogP contribution < -0.4 is 0 Å². The molecule has 0 aromatic rings. The monoisotopic (exact) mass is 817 g/mol. The molecule has 0 aliphatic heterocycles. The van der Waals surface area contributed by atoms with E-state index in [1.807, 2.05) is 0 Å². The van der Waals surface area contributed by atoms with Gasteiger partial charge in [-0.15, -0.1) is 0 Å². The van der Waals surface area contributed by atoms with Crippen molar-refractivity contribution in [3.63, 3.8) is 0 Å². The van der Waals surface area contributed by atoms with Crippen LogP contribution in [0.5, 0.6) is 0 Å². The Kier molecular flexibility index (Phi) is 42.9. The van der Waals surface area contributed by atoms with Gasteiger partial charge in [-0.05, 0) is 19.8 Å². The molecule has 0 heterocycles. The van der Waals surface area contributed by atoms with Gasteiger partial charge in [0.25, 0.3) is 0 Å². The Morgan fingerprint density at radius 1 is 0.411 bits per heavy atom. The largest absolute Gasteiger partial charge is 0.472 e. The van der Waals surface area contributed by atoms with Gasteiger partial charge in [0, 0.05) is 12.8 Å². The Balaban J connectivity index is 3.91. The van der Waals surface area contributed by atoms with Gasteiger partial charge in [-0.2, -0.15) is 0 Å². The standard InChI is InChI=1S/C47H93O8P/c1-4-7-9-11-13-15-17-19-20-21-22-23-24-25-26-27-28-30-32-34-36-38-40-42-47(49)55-45(44-54-56(50,51)53-6-3)43-52-46(48)41-39-37-35-33-31-29-18-16-14-12-10-8-5-2/h45H,4-44H2,1-3H3,(H,50,51). The molecule has 0 aromatic heterocycles. The maximum absolute atomic E-state index is 12.6. The van der Waals surface area contributed by atoms with E-state index in [4.69, 9.17) is 18.5 Å². The topological polar surface area (TPSA) is 108 Å². The van der Waals surface area contributed by atoms with Gasteiger partial charge in [0.1, 0.15) is 6.61 Å². The fourth-order valence-electron chi connectivity index (χ4n) is 7.34. The van der Waals surface area contributed by atoms with E-state index < -0.39 is 19.9 Å². The third kappa shape index (κ3) is 42.7. The number of ether oxygens (including phenoxy) is 2. The van der Waals surface area contributed by atoms with Crippen molar-refractivity contribution < 1.29 is 37.6 Å². The van der Waals surface area contributed by atoms with Crippen molar-refractivity contribution in [3.05, 3.63) is 0 Å². The fourth-order valence-corrected chi connectivity index (χ4v) is 8.09.